The second-order valence-electron chi connectivity index (χ2n) is 7.71. The van der Waals surface area contributed by atoms with Gasteiger partial charge in [0, 0.05) is 11.8 Å². The molecule has 120 valence electrons. The Morgan fingerprint density at radius 1 is 0.958 bits per heavy atom. The van der Waals surface area contributed by atoms with E-state index in [-0.39, 0.29) is 0 Å². The lowest BCUT2D eigenvalue weighted by Crippen LogP contribution is -2.10. The van der Waals surface area contributed by atoms with E-state index in [1.165, 1.54) is 36.8 Å². The molecule has 0 spiro atoms. The first-order valence-electron chi connectivity index (χ1n) is 9.41. The highest BCUT2D eigenvalue weighted by Crippen LogP contribution is 2.54. The molecule has 2 aromatic carbocycles. The Hall–Kier alpha value is -2.08. The van der Waals surface area contributed by atoms with Gasteiger partial charge in [0.15, 0.2) is 0 Å². The average Bonchev–Trinajstić information content (AvgIpc) is 3.10. The van der Waals surface area contributed by atoms with Crippen LogP contribution in [0.15, 0.2) is 60.2 Å². The molecule has 0 saturated carbocycles. The van der Waals surface area contributed by atoms with Crippen molar-refractivity contribution in [3.63, 3.8) is 0 Å². The normalized spacial score (nSPS) is 24.4. The summed E-state index contributed by atoms with van der Waals surface area (Å²) in [5, 5.41) is 0. The van der Waals surface area contributed by atoms with E-state index in [2.05, 4.69) is 67.6 Å². The Bertz CT molecular complexity index is 852. The van der Waals surface area contributed by atoms with Gasteiger partial charge in [-0.05, 0) is 59.4 Å². The van der Waals surface area contributed by atoms with Crippen LogP contribution in [-0.2, 0) is 0 Å². The van der Waals surface area contributed by atoms with Crippen LogP contribution in [0.25, 0.3) is 11.6 Å². The third-order valence-corrected chi connectivity index (χ3v) is 6.48. The number of benzene rings is 2. The molecule has 0 amide bonds. The van der Waals surface area contributed by atoms with E-state index in [1.807, 2.05) is 0 Å². The summed E-state index contributed by atoms with van der Waals surface area (Å²) in [4.78, 5) is 0. The van der Waals surface area contributed by atoms with Crippen LogP contribution in [0, 0.1) is 5.92 Å². The molecule has 2 aromatic rings. The van der Waals surface area contributed by atoms with Gasteiger partial charge in [-0.3, -0.25) is 0 Å². The minimum atomic E-state index is 0.604. The summed E-state index contributed by atoms with van der Waals surface area (Å²) in [5.41, 5.74) is 9.54. The topological polar surface area (TPSA) is 0 Å². The van der Waals surface area contributed by atoms with Crippen molar-refractivity contribution in [3.05, 3.63) is 82.4 Å². The van der Waals surface area contributed by atoms with Gasteiger partial charge in [0.05, 0.1) is 0 Å². The predicted molar refractivity (Wildman–Crippen MR) is 102 cm³/mol. The fourth-order valence-electron chi connectivity index (χ4n) is 5.06. The van der Waals surface area contributed by atoms with Crippen molar-refractivity contribution in [2.24, 2.45) is 5.92 Å². The van der Waals surface area contributed by atoms with Crippen LogP contribution < -0.4 is 0 Å². The molecule has 0 saturated heterocycles. The molecule has 5 rings (SSSR count). The van der Waals surface area contributed by atoms with E-state index >= 15 is 0 Å². The van der Waals surface area contributed by atoms with Crippen molar-refractivity contribution < 1.29 is 0 Å². The Kier molecular flexibility index (Phi) is 3.26. The fourth-order valence-corrected chi connectivity index (χ4v) is 5.06. The van der Waals surface area contributed by atoms with E-state index in [4.69, 9.17) is 0 Å². The zero-order valence-electron chi connectivity index (χ0n) is 14.3. The maximum atomic E-state index is 2.44. The molecule has 0 N–H and O–H groups in total. The molecule has 0 aromatic heterocycles. The summed E-state index contributed by atoms with van der Waals surface area (Å²) in [6.07, 6.45) is 9.98. The molecule has 0 heteroatoms. The molecule has 0 aliphatic heterocycles. The lowest BCUT2D eigenvalue weighted by atomic mass is 9.79. The number of fused-ring (bicyclic) bond motifs is 3. The molecule has 3 aliphatic rings. The lowest BCUT2D eigenvalue weighted by Gasteiger charge is -2.25. The summed E-state index contributed by atoms with van der Waals surface area (Å²) in [6.45, 7) is 2.44. The molecule has 0 heterocycles. The molecule has 0 radical (unpaired) electrons. The predicted octanol–water partition coefficient (Wildman–Crippen LogP) is 6.56. The number of allylic oxidation sites excluding steroid dienone is 3. The van der Waals surface area contributed by atoms with E-state index in [1.54, 1.807) is 22.3 Å². The minimum Gasteiger partial charge on any atom is -0.0761 e. The number of hydrogen-bond acceptors (Lipinski definition) is 0. The Balaban J connectivity index is 1.33. The van der Waals surface area contributed by atoms with Gasteiger partial charge in [-0.15, -0.1) is 0 Å². The third-order valence-electron chi connectivity index (χ3n) is 6.48. The minimum absolute atomic E-state index is 0.604. The molecule has 3 atom stereocenters. The molecule has 0 nitrogen and oxygen atoms in total. The first-order chi connectivity index (χ1) is 11.8. The number of rotatable bonds is 4. The highest BCUT2D eigenvalue weighted by Gasteiger charge is 2.35. The van der Waals surface area contributed by atoms with E-state index < -0.39 is 0 Å². The summed E-state index contributed by atoms with van der Waals surface area (Å²) in [5.74, 6) is 2.02. The lowest BCUT2D eigenvalue weighted by molar-refractivity contribution is 0.451. The van der Waals surface area contributed by atoms with E-state index in [9.17, 15) is 0 Å². The highest BCUT2D eigenvalue weighted by atomic mass is 14.4. The largest absolute Gasteiger partial charge is 0.0761 e. The summed E-state index contributed by atoms with van der Waals surface area (Å²) in [6, 6.07) is 18.0. The maximum Gasteiger partial charge on any atom is 0.00604 e. The van der Waals surface area contributed by atoms with Crippen molar-refractivity contribution in [1.29, 1.82) is 0 Å². The summed E-state index contributed by atoms with van der Waals surface area (Å²) >= 11 is 0. The van der Waals surface area contributed by atoms with Crippen LogP contribution in [0.3, 0.4) is 0 Å². The third kappa shape index (κ3) is 2.05. The first kappa shape index (κ1) is 14.3. The number of hydrogen-bond donors (Lipinski definition) is 0. The van der Waals surface area contributed by atoms with E-state index in [0.29, 0.717) is 17.8 Å². The van der Waals surface area contributed by atoms with Crippen LogP contribution in [0.4, 0.5) is 0 Å². The van der Waals surface area contributed by atoms with Crippen LogP contribution in [0.1, 0.15) is 66.7 Å². The molecular weight excluding hydrogens is 288 g/mol. The Morgan fingerprint density at radius 3 is 2.58 bits per heavy atom. The van der Waals surface area contributed by atoms with Gasteiger partial charge >= 0.3 is 0 Å². The monoisotopic (exact) mass is 312 g/mol. The average molecular weight is 312 g/mol. The molecular formula is C24H24. The van der Waals surface area contributed by atoms with Crippen LogP contribution in [0.2, 0.25) is 0 Å². The quantitative estimate of drug-likeness (QED) is 0.600. The maximum absolute atomic E-state index is 2.44. The Labute approximate surface area is 144 Å². The van der Waals surface area contributed by atoms with Gasteiger partial charge in [-0.1, -0.05) is 73.2 Å². The Morgan fingerprint density at radius 2 is 1.75 bits per heavy atom. The zero-order valence-corrected chi connectivity index (χ0v) is 14.3. The first-order valence-corrected chi connectivity index (χ1v) is 9.41. The van der Waals surface area contributed by atoms with Crippen molar-refractivity contribution in [2.45, 2.75) is 44.4 Å². The fraction of sp³-hybridized carbons (Fsp3) is 0.333. The second-order valence-corrected chi connectivity index (χ2v) is 7.71. The summed E-state index contributed by atoms with van der Waals surface area (Å²) in [7, 11) is 0. The summed E-state index contributed by atoms with van der Waals surface area (Å²) < 4.78 is 0. The van der Waals surface area contributed by atoms with Gasteiger partial charge in [0.2, 0.25) is 0 Å². The van der Waals surface area contributed by atoms with Gasteiger partial charge < -0.3 is 0 Å². The molecule has 3 aliphatic carbocycles. The SMILES string of the molecule is CC(CCC1C2=C(CC2)c2ccccc21)C1C=Cc2ccccc21. The van der Waals surface area contributed by atoms with Crippen molar-refractivity contribution in [1.82, 2.24) is 0 Å². The van der Waals surface area contributed by atoms with Crippen LogP contribution >= 0.6 is 0 Å². The van der Waals surface area contributed by atoms with Crippen molar-refractivity contribution in [3.8, 4) is 0 Å². The van der Waals surface area contributed by atoms with Crippen molar-refractivity contribution in [2.75, 3.05) is 0 Å². The highest BCUT2D eigenvalue weighted by molar-refractivity contribution is 5.82. The van der Waals surface area contributed by atoms with Crippen LogP contribution in [0.5, 0.6) is 0 Å². The molecule has 0 fully saturated rings. The zero-order chi connectivity index (χ0) is 16.1. The molecule has 24 heavy (non-hydrogen) atoms. The second kappa shape index (κ2) is 5.48. The van der Waals surface area contributed by atoms with Gasteiger partial charge in [0.25, 0.3) is 0 Å². The van der Waals surface area contributed by atoms with Crippen LogP contribution in [-0.4, -0.2) is 0 Å². The van der Waals surface area contributed by atoms with Gasteiger partial charge in [-0.2, -0.15) is 0 Å². The molecule has 0 bridgehead atoms. The molecule has 3 unspecified atom stereocenters. The van der Waals surface area contributed by atoms with Crippen molar-refractivity contribution >= 4 is 11.6 Å². The van der Waals surface area contributed by atoms with E-state index in [0.717, 1.165) is 0 Å². The van der Waals surface area contributed by atoms with Gasteiger partial charge in [0.1, 0.15) is 0 Å². The smallest absolute Gasteiger partial charge is 0.00604 e. The van der Waals surface area contributed by atoms with Gasteiger partial charge in [-0.25, -0.2) is 0 Å². The standard InChI is InChI=1S/C24H24/c1-16(18-13-11-17-6-2-3-7-19(17)18)10-12-22-20-8-4-5-9-21(20)23-14-15-24(22)23/h2-9,11,13,16,18,22H,10,12,14-15H2,1H3.